The first-order chi connectivity index (χ1) is 16.0. The molecule has 0 aliphatic rings. The molecule has 0 saturated heterocycles. The number of hydrogen-bond donors (Lipinski definition) is 1. The third-order valence-electron chi connectivity index (χ3n) is 5.62. The van der Waals surface area contributed by atoms with Crippen LogP contribution in [-0.4, -0.2) is 25.0 Å². The minimum atomic E-state index is -0.533. The van der Waals surface area contributed by atoms with Crippen molar-refractivity contribution >= 4 is 27.8 Å². The number of fused-ring (bicyclic) bond motifs is 2. The van der Waals surface area contributed by atoms with E-state index >= 15 is 0 Å². The van der Waals surface area contributed by atoms with Gasteiger partial charge in [0.25, 0.3) is 5.56 Å². The van der Waals surface area contributed by atoms with Gasteiger partial charge in [0.05, 0.1) is 28.3 Å². The van der Waals surface area contributed by atoms with Crippen molar-refractivity contribution in [2.75, 3.05) is 0 Å². The molecule has 8 heteroatoms. The SMILES string of the molecule is Cn1c(C(NC(=O)Cn2cnc3ccc(F)cc3c2=O)c2ccccc2)nc2ccccc21. The average molecular weight is 441 g/mol. The van der Waals surface area contributed by atoms with E-state index in [4.69, 9.17) is 4.98 Å². The Morgan fingerprint density at radius 1 is 1.03 bits per heavy atom. The molecule has 0 radical (unpaired) electrons. The van der Waals surface area contributed by atoms with Crippen molar-refractivity contribution in [2.24, 2.45) is 7.05 Å². The van der Waals surface area contributed by atoms with E-state index < -0.39 is 23.3 Å². The molecular formula is C25H20FN5O2. The van der Waals surface area contributed by atoms with Gasteiger partial charge < -0.3 is 9.88 Å². The quantitative estimate of drug-likeness (QED) is 0.454. The molecule has 164 valence electrons. The summed E-state index contributed by atoms with van der Waals surface area (Å²) in [6.45, 7) is -0.258. The summed E-state index contributed by atoms with van der Waals surface area (Å²) >= 11 is 0. The van der Waals surface area contributed by atoms with Gasteiger partial charge in [-0.05, 0) is 35.9 Å². The summed E-state index contributed by atoms with van der Waals surface area (Å²) in [4.78, 5) is 34.7. The fraction of sp³-hybridized carbons (Fsp3) is 0.120. The summed E-state index contributed by atoms with van der Waals surface area (Å²) in [5, 5.41) is 3.13. The van der Waals surface area contributed by atoms with E-state index in [1.165, 1.54) is 23.0 Å². The first kappa shape index (κ1) is 20.6. The smallest absolute Gasteiger partial charge is 0.261 e. The van der Waals surface area contributed by atoms with Crippen LogP contribution in [0, 0.1) is 5.82 Å². The van der Waals surface area contributed by atoms with Crippen molar-refractivity contribution in [3.05, 3.63) is 107 Å². The third-order valence-corrected chi connectivity index (χ3v) is 5.62. The number of carbonyl (C=O) groups is 1. The second-order valence-corrected chi connectivity index (χ2v) is 7.77. The summed E-state index contributed by atoms with van der Waals surface area (Å²) < 4.78 is 16.7. The Kier molecular flexibility index (Phi) is 5.18. The molecular weight excluding hydrogens is 421 g/mol. The highest BCUT2D eigenvalue weighted by molar-refractivity contribution is 5.80. The molecule has 3 aromatic carbocycles. The molecule has 0 fully saturated rings. The number of halogens is 1. The molecule has 0 aliphatic heterocycles. The van der Waals surface area contributed by atoms with Gasteiger partial charge in [-0.25, -0.2) is 14.4 Å². The van der Waals surface area contributed by atoms with E-state index in [1.54, 1.807) is 0 Å². The monoisotopic (exact) mass is 441 g/mol. The second kappa shape index (κ2) is 8.31. The standard InChI is InChI=1S/C25H20FN5O2/c1-30-21-10-6-5-9-20(21)28-24(30)23(16-7-3-2-4-8-16)29-22(32)14-31-15-27-19-12-11-17(26)13-18(19)25(31)33/h2-13,15,23H,14H2,1H3,(H,29,32). The predicted octanol–water partition coefficient (Wildman–Crippen LogP) is 3.33. The van der Waals surface area contributed by atoms with Crippen LogP contribution >= 0.6 is 0 Å². The van der Waals surface area contributed by atoms with Crippen molar-refractivity contribution in [2.45, 2.75) is 12.6 Å². The van der Waals surface area contributed by atoms with Gasteiger partial charge >= 0.3 is 0 Å². The third kappa shape index (κ3) is 3.87. The Morgan fingerprint density at radius 3 is 2.58 bits per heavy atom. The lowest BCUT2D eigenvalue weighted by atomic mass is 10.1. The number of aromatic nitrogens is 4. The zero-order valence-electron chi connectivity index (χ0n) is 17.8. The number of aryl methyl sites for hydroxylation is 1. The van der Waals surface area contributed by atoms with Crippen molar-refractivity contribution in [3.63, 3.8) is 0 Å². The van der Waals surface area contributed by atoms with Crippen LogP contribution in [0.5, 0.6) is 0 Å². The summed E-state index contributed by atoms with van der Waals surface area (Å²) in [5.41, 5.74) is 2.52. The summed E-state index contributed by atoms with van der Waals surface area (Å²) in [6, 6.07) is 20.5. The number of benzene rings is 3. The number of rotatable bonds is 5. The molecule has 5 aromatic rings. The number of nitrogens with one attached hydrogen (secondary N) is 1. The highest BCUT2D eigenvalue weighted by Gasteiger charge is 2.23. The Morgan fingerprint density at radius 2 is 1.79 bits per heavy atom. The molecule has 0 aliphatic carbocycles. The largest absolute Gasteiger partial charge is 0.341 e. The van der Waals surface area contributed by atoms with Gasteiger partial charge in [0.1, 0.15) is 24.2 Å². The highest BCUT2D eigenvalue weighted by Crippen LogP contribution is 2.25. The maximum Gasteiger partial charge on any atom is 0.261 e. The lowest BCUT2D eigenvalue weighted by Gasteiger charge is -2.19. The molecule has 0 saturated carbocycles. The van der Waals surface area contributed by atoms with E-state index in [0.29, 0.717) is 11.3 Å². The average Bonchev–Trinajstić information content (AvgIpc) is 3.16. The van der Waals surface area contributed by atoms with Crippen LogP contribution < -0.4 is 10.9 Å². The maximum atomic E-state index is 13.6. The number of nitrogens with zero attached hydrogens (tertiary/aromatic N) is 4. The minimum absolute atomic E-state index is 0.125. The molecule has 33 heavy (non-hydrogen) atoms. The van der Waals surface area contributed by atoms with Gasteiger partial charge in [0.2, 0.25) is 5.91 Å². The fourth-order valence-electron chi connectivity index (χ4n) is 3.97. The van der Waals surface area contributed by atoms with Gasteiger partial charge in [0, 0.05) is 7.05 Å². The van der Waals surface area contributed by atoms with Gasteiger partial charge in [-0.15, -0.1) is 0 Å². The van der Waals surface area contributed by atoms with Gasteiger partial charge in [-0.2, -0.15) is 0 Å². The van der Waals surface area contributed by atoms with Crippen molar-refractivity contribution < 1.29 is 9.18 Å². The molecule has 2 aromatic heterocycles. The van der Waals surface area contributed by atoms with Crippen molar-refractivity contribution in [1.29, 1.82) is 0 Å². The van der Waals surface area contributed by atoms with Crippen LogP contribution in [0.1, 0.15) is 17.4 Å². The summed E-state index contributed by atoms with van der Waals surface area (Å²) in [5.74, 6) is -0.257. The molecule has 1 unspecified atom stereocenters. The Labute approximate surface area is 188 Å². The summed E-state index contributed by atoms with van der Waals surface area (Å²) in [7, 11) is 1.90. The molecule has 0 bridgehead atoms. The molecule has 7 nitrogen and oxygen atoms in total. The Balaban J connectivity index is 1.49. The number of para-hydroxylation sites is 2. The number of amides is 1. The molecule has 0 spiro atoms. The van der Waals surface area contributed by atoms with Gasteiger partial charge in [-0.3, -0.25) is 14.2 Å². The minimum Gasteiger partial charge on any atom is -0.341 e. The first-order valence-corrected chi connectivity index (χ1v) is 10.4. The van der Waals surface area contributed by atoms with Crippen LogP contribution in [0.15, 0.2) is 83.9 Å². The number of carbonyl (C=O) groups excluding carboxylic acids is 1. The topological polar surface area (TPSA) is 81.8 Å². The zero-order valence-corrected chi connectivity index (χ0v) is 17.8. The highest BCUT2D eigenvalue weighted by atomic mass is 19.1. The van der Waals surface area contributed by atoms with E-state index in [2.05, 4.69) is 10.3 Å². The van der Waals surface area contributed by atoms with Crippen LogP contribution in [0.25, 0.3) is 21.9 Å². The number of imidazole rings is 1. The van der Waals surface area contributed by atoms with Crippen LogP contribution in [0.4, 0.5) is 4.39 Å². The summed E-state index contributed by atoms with van der Waals surface area (Å²) in [6.07, 6.45) is 1.30. The van der Waals surface area contributed by atoms with Crippen LogP contribution in [0.3, 0.4) is 0 Å². The second-order valence-electron chi connectivity index (χ2n) is 7.77. The molecule has 1 amide bonds. The Hall–Kier alpha value is -4.33. The van der Waals surface area contributed by atoms with Gasteiger partial charge in [-0.1, -0.05) is 42.5 Å². The van der Waals surface area contributed by atoms with E-state index in [0.717, 1.165) is 22.7 Å². The molecule has 2 heterocycles. The zero-order chi connectivity index (χ0) is 22.9. The molecule has 1 N–H and O–H groups in total. The predicted molar refractivity (Wildman–Crippen MR) is 123 cm³/mol. The first-order valence-electron chi connectivity index (χ1n) is 10.4. The van der Waals surface area contributed by atoms with Crippen LogP contribution in [0.2, 0.25) is 0 Å². The van der Waals surface area contributed by atoms with E-state index in [-0.39, 0.29) is 11.9 Å². The lowest BCUT2D eigenvalue weighted by Crippen LogP contribution is -2.36. The van der Waals surface area contributed by atoms with Crippen molar-refractivity contribution in [3.8, 4) is 0 Å². The van der Waals surface area contributed by atoms with E-state index in [9.17, 15) is 14.0 Å². The number of hydrogen-bond acceptors (Lipinski definition) is 4. The molecule has 1 atom stereocenters. The van der Waals surface area contributed by atoms with E-state index in [1.807, 2.05) is 66.2 Å². The van der Waals surface area contributed by atoms with Gasteiger partial charge in [0.15, 0.2) is 0 Å². The fourth-order valence-corrected chi connectivity index (χ4v) is 3.97. The van der Waals surface area contributed by atoms with Crippen molar-refractivity contribution in [1.82, 2.24) is 24.4 Å². The van der Waals surface area contributed by atoms with Crippen LogP contribution in [-0.2, 0) is 18.4 Å². The molecule has 5 rings (SSSR count). The lowest BCUT2D eigenvalue weighted by molar-refractivity contribution is -0.122. The Bertz CT molecular complexity index is 1540. The normalized spacial score (nSPS) is 12.2. The maximum absolute atomic E-state index is 13.6.